The normalized spacial score (nSPS) is 11.5. The Morgan fingerprint density at radius 3 is 2.52 bits per heavy atom. The number of thiocarbonyl (C=S) groups is 1. The van der Waals surface area contributed by atoms with E-state index in [-0.39, 0.29) is 11.9 Å². The Bertz CT molecular complexity index is 592. The van der Waals surface area contributed by atoms with Crippen LogP contribution in [-0.4, -0.2) is 17.8 Å². The van der Waals surface area contributed by atoms with Crippen molar-refractivity contribution in [2.24, 2.45) is 0 Å². The van der Waals surface area contributed by atoms with Gasteiger partial charge in [-0.15, -0.1) is 0 Å². The molecule has 0 fully saturated rings. The molecule has 0 aliphatic carbocycles. The van der Waals surface area contributed by atoms with Crippen molar-refractivity contribution in [1.29, 1.82) is 0 Å². The third-order valence-corrected chi connectivity index (χ3v) is 2.96. The summed E-state index contributed by atoms with van der Waals surface area (Å²) in [5.41, 5.74) is 0.353. The average Bonchev–Trinajstić information content (AvgIpc) is 2.48. The van der Waals surface area contributed by atoms with Gasteiger partial charge >= 0.3 is 0 Å². The van der Waals surface area contributed by atoms with E-state index in [0.29, 0.717) is 17.4 Å². The van der Waals surface area contributed by atoms with Gasteiger partial charge in [0.05, 0.1) is 11.7 Å². The fourth-order valence-electron chi connectivity index (χ4n) is 1.72. The summed E-state index contributed by atoms with van der Waals surface area (Å²) in [6.07, 6.45) is 0. The Morgan fingerprint density at radius 1 is 1.14 bits per heavy atom. The van der Waals surface area contributed by atoms with Crippen LogP contribution < -0.4 is 15.4 Å². The van der Waals surface area contributed by atoms with Crippen molar-refractivity contribution in [3.8, 4) is 5.75 Å². The van der Waals surface area contributed by atoms with Crippen molar-refractivity contribution >= 4 is 23.0 Å². The molecule has 5 heteroatoms. The molecule has 3 nitrogen and oxygen atoms in total. The highest BCUT2D eigenvalue weighted by atomic mass is 32.1. The van der Waals surface area contributed by atoms with Crippen molar-refractivity contribution in [2.45, 2.75) is 13.0 Å². The molecule has 0 amide bonds. The molecule has 0 radical (unpaired) electrons. The lowest BCUT2D eigenvalue weighted by molar-refractivity contribution is 0.287. The van der Waals surface area contributed by atoms with E-state index in [9.17, 15) is 4.39 Å². The Kier molecular flexibility index (Phi) is 5.51. The smallest absolute Gasteiger partial charge is 0.171 e. The standard InChI is InChI=1S/C16H17FN2OS/c1-12(11-20-13-7-3-2-4-8-13)18-16(21)19-15-10-6-5-9-14(15)17/h2-10,12H,11H2,1H3,(H2,18,19,21)/t12-/m0/s1. The van der Waals surface area contributed by atoms with Crippen molar-refractivity contribution in [2.75, 3.05) is 11.9 Å². The number of rotatable bonds is 5. The Labute approximate surface area is 129 Å². The lowest BCUT2D eigenvalue weighted by Gasteiger charge is -2.17. The Morgan fingerprint density at radius 2 is 1.81 bits per heavy atom. The molecule has 0 spiro atoms. The number of halogens is 1. The fourth-order valence-corrected chi connectivity index (χ4v) is 2.04. The number of benzene rings is 2. The van der Waals surface area contributed by atoms with E-state index in [2.05, 4.69) is 10.6 Å². The second-order valence-electron chi connectivity index (χ2n) is 4.60. The topological polar surface area (TPSA) is 33.3 Å². The quantitative estimate of drug-likeness (QED) is 0.827. The van der Waals surface area contributed by atoms with Crippen LogP contribution in [0.15, 0.2) is 54.6 Å². The monoisotopic (exact) mass is 304 g/mol. The van der Waals surface area contributed by atoms with Crippen LogP contribution in [0.25, 0.3) is 0 Å². The Balaban J connectivity index is 1.78. The van der Waals surface area contributed by atoms with Gasteiger partial charge in [-0.1, -0.05) is 30.3 Å². The van der Waals surface area contributed by atoms with Gasteiger partial charge in [0.1, 0.15) is 18.2 Å². The zero-order valence-electron chi connectivity index (χ0n) is 11.7. The van der Waals surface area contributed by atoms with Gasteiger partial charge in [0, 0.05) is 0 Å². The largest absolute Gasteiger partial charge is 0.491 e. The van der Waals surface area contributed by atoms with Crippen LogP contribution in [0.5, 0.6) is 5.75 Å². The number of hydrogen-bond acceptors (Lipinski definition) is 2. The van der Waals surface area contributed by atoms with Crippen LogP contribution in [0.4, 0.5) is 10.1 Å². The first-order valence-electron chi connectivity index (χ1n) is 6.65. The Hall–Kier alpha value is -2.14. The first-order chi connectivity index (χ1) is 10.1. The number of anilines is 1. The van der Waals surface area contributed by atoms with Gasteiger partial charge < -0.3 is 15.4 Å². The molecule has 1 atom stereocenters. The maximum absolute atomic E-state index is 13.5. The number of nitrogens with one attached hydrogen (secondary N) is 2. The minimum Gasteiger partial charge on any atom is -0.491 e. The van der Waals surface area contributed by atoms with Crippen LogP contribution in [0.1, 0.15) is 6.92 Å². The summed E-state index contributed by atoms with van der Waals surface area (Å²) in [7, 11) is 0. The average molecular weight is 304 g/mol. The van der Waals surface area contributed by atoms with E-state index in [4.69, 9.17) is 17.0 Å². The van der Waals surface area contributed by atoms with E-state index < -0.39 is 0 Å². The lowest BCUT2D eigenvalue weighted by atomic mass is 10.3. The van der Waals surface area contributed by atoms with E-state index in [1.165, 1.54) is 6.07 Å². The minimum atomic E-state index is -0.338. The highest BCUT2D eigenvalue weighted by Crippen LogP contribution is 2.12. The zero-order chi connectivity index (χ0) is 15.1. The summed E-state index contributed by atoms with van der Waals surface area (Å²) in [4.78, 5) is 0. The van der Waals surface area contributed by atoms with Crippen LogP contribution in [-0.2, 0) is 0 Å². The molecule has 0 unspecified atom stereocenters. The summed E-state index contributed by atoms with van der Waals surface area (Å²) in [5, 5.41) is 6.25. The van der Waals surface area contributed by atoms with Gasteiger partial charge in [0.2, 0.25) is 0 Å². The molecule has 0 aromatic heterocycles. The SMILES string of the molecule is C[C@@H](COc1ccccc1)NC(=S)Nc1ccccc1F. The number of para-hydroxylation sites is 2. The molecular weight excluding hydrogens is 287 g/mol. The summed E-state index contributed by atoms with van der Waals surface area (Å²) >= 11 is 5.16. The number of ether oxygens (including phenoxy) is 1. The van der Waals surface area contributed by atoms with E-state index >= 15 is 0 Å². The molecule has 0 aliphatic rings. The van der Waals surface area contributed by atoms with Crippen molar-refractivity contribution in [1.82, 2.24) is 5.32 Å². The molecule has 2 rings (SSSR count). The molecule has 0 saturated heterocycles. The van der Waals surface area contributed by atoms with Crippen LogP contribution in [0.2, 0.25) is 0 Å². The van der Waals surface area contributed by atoms with Crippen LogP contribution >= 0.6 is 12.2 Å². The molecule has 2 N–H and O–H groups in total. The second-order valence-corrected chi connectivity index (χ2v) is 5.01. The number of hydrogen-bond donors (Lipinski definition) is 2. The molecule has 0 heterocycles. The molecular formula is C16H17FN2OS. The fraction of sp³-hybridized carbons (Fsp3) is 0.188. The van der Waals surface area contributed by atoms with E-state index in [0.717, 1.165) is 5.75 Å². The van der Waals surface area contributed by atoms with Gasteiger partial charge in [0.25, 0.3) is 0 Å². The van der Waals surface area contributed by atoms with Gasteiger partial charge in [0.15, 0.2) is 5.11 Å². The third-order valence-electron chi connectivity index (χ3n) is 2.74. The molecule has 0 saturated carbocycles. The predicted octanol–water partition coefficient (Wildman–Crippen LogP) is 3.58. The molecule has 2 aromatic carbocycles. The predicted molar refractivity (Wildman–Crippen MR) is 87.2 cm³/mol. The maximum atomic E-state index is 13.5. The van der Waals surface area contributed by atoms with Crippen molar-refractivity contribution < 1.29 is 9.13 Å². The van der Waals surface area contributed by atoms with Gasteiger partial charge in [-0.25, -0.2) is 4.39 Å². The van der Waals surface area contributed by atoms with Gasteiger partial charge in [-0.05, 0) is 43.4 Å². The van der Waals surface area contributed by atoms with Crippen LogP contribution in [0.3, 0.4) is 0 Å². The summed E-state index contributed by atoms with van der Waals surface area (Å²) in [6, 6.07) is 15.9. The maximum Gasteiger partial charge on any atom is 0.171 e. The highest BCUT2D eigenvalue weighted by Gasteiger charge is 2.07. The van der Waals surface area contributed by atoms with E-state index in [1.54, 1.807) is 18.2 Å². The van der Waals surface area contributed by atoms with E-state index in [1.807, 2.05) is 37.3 Å². The third kappa shape index (κ3) is 5.04. The molecule has 21 heavy (non-hydrogen) atoms. The van der Waals surface area contributed by atoms with Crippen LogP contribution in [0, 0.1) is 5.82 Å². The first-order valence-corrected chi connectivity index (χ1v) is 7.06. The summed E-state index contributed by atoms with van der Waals surface area (Å²) < 4.78 is 19.1. The lowest BCUT2D eigenvalue weighted by Crippen LogP contribution is -2.39. The first kappa shape index (κ1) is 15.3. The summed E-state index contributed by atoms with van der Waals surface area (Å²) in [5.74, 6) is 0.467. The highest BCUT2D eigenvalue weighted by molar-refractivity contribution is 7.80. The molecule has 110 valence electrons. The molecule has 0 bridgehead atoms. The van der Waals surface area contributed by atoms with Crippen molar-refractivity contribution in [3.05, 3.63) is 60.4 Å². The van der Waals surface area contributed by atoms with Gasteiger partial charge in [-0.3, -0.25) is 0 Å². The minimum absolute atomic E-state index is 0.00280. The zero-order valence-corrected chi connectivity index (χ0v) is 12.5. The van der Waals surface area contributed by atoms with Crippen molar-refractivity contribution in [3.63, 3.8) is 0 Å². The summed E-state index contributed by atoms with van der Waals surface area (Å²) in [6.45, 7) is 2.40. The molecule has 0 aliphatic heterocycles. The van der Waals surface area contributed by atoms with Gasteiger partial charge in [-0.2, -0.15) is 0 Å². The molecule has 2 aromatic rings. The second kappa shape index (κ2) is 7.59.